The molecule has 0 saturated heterocycles. The zero-order chi connectivity index (χ0) is 15.6. The largest absolute Gasteiger partial charge is 0.399 e. The second-order valence-corrected chi connectivity index (χ2v) is 7.36. The third-order valence-electron chi connectivity index (χ3n) is 2.76. The Labute approximate surface area is 136 Å². The summed E-state index contributed by atoms with van der Waals surface area (Å²) in [6.45, 7) is 0. The summed E-state index contributed by atoms with van der Waals surface area (Å²) in [5.41, 5.74) is 7.15. The number of benzene rings is 2. The summed E-state index contributed by atoms with van der Waals surface area (Å²) in [7, 11) is -2.28. The molecule has 21 heavy (non-hydrogen) atoms. The van der Waals surface area contributed by atoms with Gasteiger partial charge >= 0.3 is 0 Å². The number of nitrogens with two attached hydrogens (primary N) is 1. The van der Waals surface area contributed by atoms with Crippen LogP contribution in [0.2, 0.25) is 5.02 Å². The summed E-state index contributed by atoms with van der Waals surface area (Å²) in [5, 5.41) is 3.63. The van der Waals surface area contributed by atoms with Crippen molar-refractivity contribution in [2.75, 3.05) is 18.1 Å². The standard InChI is InChI=1S/C13H13BrClN3O2S/c1-17-21(19,20)13-7-9(16)3-5-12(13)18-11-4-2-8(15)6-10(11)14/h2-7,17-18H,16H2,1H3. The smallest absolute Gasteiger partial charge is 0.242 e. The van der Waals surface area contributed by atoms with Crippen LogP contribution in [0, 0.1) is 0 Å². The molecule has 0 unspecified atom stereocenters. The highest BCUT2D eigenvalue weighted by atomic mass is 79.9. The van der Waals surface area contributed by atoms with Crippen LogP contribution in [-0.2, 0) is 10.0 Å². The summed E-state index contributed by atoms with van der Waals surface area (Å²) in [4.78, 5) is 0.0758. The summed E-state index contributed by atoms with van der Waals surface area (Å²) >= 11 is 9.26. The zero-order valence-corrected chi connectivity index (χ0v) is 14.2. The van der Waals surface area contributed by atoms with Gasteiger partial charge < -0.3 is 11.1 Å². The Morgan fingerprint density at radius 1 is 1.14 bits per heavy atom. The third kappa shape index (κ3) is 3.68. The molecule has 0 saturated carbocycles. The Kier molecular flexibility index (Phi) is 4.77. The summed E-state index contributed by atoms with van der Waals surface area (Å²) in [6.07, 6.45) is 0. The minimum atomic E-state index is -3.63. The average molecular weight is 391 g/mol. The lowest BCUT2D eigenvalue weighted by Gasteiger charge is -2.14. The lowest BCUT2D eigenvalue weighted by molar-refractivity contribution is 0.588. The lowest BCUT2D eigenvalue weighted by atomic mass is 10.2. The molecule has 0 heterocycles. The molecule has 5 nitrogen and oxygen atoms in total. The van der Waals surface area contributed by atoms with E-state index in [9.17, 15) is 8.42 Å². The molecule has 2 aromatic rings. The van der Waals surface area contributed by atoms with Gasteiger partial charge in [-0.05, 0) is 59.4 Å². The summed E-state index contributed by atoms with van der Waals surface area (Å²) in [6, 6.07) is 9.81. The predicted octanol–water partition coefficient (Wildman–Crippen LogP) is 3.34. The number of nitrogens with one attached hydrogen (secondary N) is 2. The molecule has 0 aliphatic rings. The first-order valence-electron chi connectivity index (χ1n) is 5.88. The molecule has 2 rings (SSSR count). The first kappa shape index (κ1) is 16.1. The molecule has 0 aromatic heterocycles. The number of hydrogen-bond donors (Lipinski definition) is 3. The molecule has 0 atom stereocenters. The molecule has 0 radical (unpaired) electrons. The topological polar surface area (TPSA) is 84.2 Å². The van der Waals surface area contributed by atoms with Crippen molar-refractivity contribution in [3.05, 3.63) is 45.9 Å². The van der Waals surface area contributed by atoms with Crippen molar-refractivity contribution in [1.82, 2.24) is 4.72 Å². The molecule has 0 aliphatic carbocycles. The van der Waals surface area contributed by atoms with E-state index < -0.39 is 10.0 Å². The molecule has 0 spiro atoms. The molecule has 0 bridgehead atoms. The zero-order valence-electron chi connectivity index (χ0n) is 11.0. The van der Waals surface area contributed by atoms with E-state index in [0.717, 1.165) is 4.47 Å². The fourth-order valence-corrected chi connectivity index (χ4v) is 3.41. The Hall–Kier alpha value is -1.28. The maximum Gasteiger partial charge on any atom is 0.242 e. The summed E-state index contributed by atoms with van der Waals surface area (Å²) < 4.78 is 27.1. The van der Waals surface area contributed by atoms with Gasteiger partial charge in [-0.1, -0.05) is 11.6 Å². The average Bonchev–Trinajstić information content (AvgIpc) is 2.43. The van der Waals surface area contributed by atoms with Crippen LogP contribution in [0.4, 0.5) is 17.1 Å². The quantitative estimate of drug-likeness (QED) is 0.699. The molecule has 4 N–H and O–H groups in total. The van der Waals surface area contributed by atoms with Gasteiger partial charge in [-0.3, -0.25) is 0 Å². The number of rotatable bonds is 4. The normalized spacial score (nSPS) is 11.4. The van der Waals surface area contributed by atoms with Crippen molar-refractivity contribution < 1.29 is 8.42 Å². The van der Waals surface area contributed by atoms with Crippen LogP contribution in [0.25, 0.3) is 0 Å². The van der Waals surface area contributed by atoms with Crippen molar-refractivity contribution in [3.63, 3.8) is 0 Å². The molecule has 112 valence electrons. The van der Waals surface area contributed by atoms with Gasteiger partial charge in [-0.2, -0.15) is 0 Å². The molecule has 0 amide bonds. The maximum absolute atomic E-state index is 12.1. The SMILES string of the molecule is CNS(=O)(=O)c1cc(N)ccc1Nc1ccc(Cl)cc1Br. The Bertz CT molecular complexity index is 781. The Balaban J connectivity index is 2.50. The molecule has 2 aromatic carbocycles. The minimum Gasteiger partial charge on any atom is -0.399 e. The van der Waals surface area contributed by atoms with Gasteiger partial charge in [0.15, 0.2) is 0 Å². The van der Waals surface area contributed by atoms with Gasteiger partial charge in [0.1, 0.15) is 4.90 Å². The van der Waals surface area contributed by atoms with Crippen molar-refractivity contribution in [1.29, 1.82) is 0 Å². The fourth-order valence-electron chi connectivity index (χ4n) is 1.71. The van der Waals surface area contributed by atoms with E-state index in [1.165, 1.54) is 13.1 Å². The summed E-state index contributed by atoms with van der Waals surface area (Å²) in [5.74, 6) is 0. The van der Waals surface area contributed by atoms with E-state index in [1.807, 2.05) is 0 Å². The van der Waals surface area contributed by atoms with E-state index in [1.54, 1.807) is 30.3 Å². The van der Waals surface area contributed by atoms with Crippen LogP contribution in [0.1, 0.15) is 0 Å². The van der Waals surface area contributed by atoms with Crippen LogP contribution in [0.5, 0.6) is 0 Å². The van der Waals surface area contributed by atoms with E-state index in [0.29, 0.717) is 22.1 Å². The monoisotopic (exact) mass is 389 g/mol. The molecule has 0 aliphatic heterocycles. The molecular weight excluding hydrogens is 378 g/mol. The molecule has 8 heteroatoms. The van der Waals surface area contributed by atoms with Crippen molar-refractivity contribution in [2.24, 2.45) is 0 Å². The second kappa shape index (κ2) is 6.23. The first-order valence-corrected chi connectivity index (χ1v) is 8.54. The highest BCUT2D eigenvalue weighted by Crippen LogP contribution is 2.32. The van der Waals surface area contributed by atoms with E-state index in [4.69, 9.17) is 17.3 Å². The number of sulfonamides is 1. The third-order valence-corrected chi connectivity index (χ3v) is 5.11. The van der Waals surface area contributed by atoms with Crippen molar-refractivity contribution in [3.8, 4) is 0 Å². The fraction of sp³-hybridized carbons (Fsp3) is 0.0769. The van der Waals surface area contributed by atoms with E-state index >= 15 is 0 Å². The van der Waals surface area contributed by atoms with Crippen LogP contribution >= 0.6 is 27.5 Å². The lowest BCUT2D eigenvalue weighted by Crippen LogP contribution is -2.20. The van der Waals surface area contributed by atoms with Crippen LogP contribution < -0.4 is 15.8 Å². The van der Waals surface area contributed by atoms with E-state index in [2.05, 4.69) is 26.0 Å². The molecule has 0 fully saturated rings. The van der Waals surface area contributed by atoms with Crippen molar-refractivity contribution in [2.45, 2.75) is 4.90 Å². The highest BCUT2D eigenvalue weighted by molar-refractivity contribution is 9.10. The van der Waals surface area contributed by atoms with E-state index in [-0.39, 0.29) is 4.90 Å². The minimum absolute atomic E-state index is 0.0758. The number of nitrogen functional groups attached to an aromatic ring is 1. The number of anilines is 3. The Morgan fingerprint density at radius 3 is 2.43 bits per heavy atom. The van der Waals surface area contributed by atoms with Gasteiger partial charge in [-0.25, -0.2) is 13.1 Å². The van der Waals surface area contributed by atoms with Gasteiger partial charge in [0.25, 0.3) is 0 Å². The van der Waals surface area contributed by atoms with Crippen LogP contribution in [-0.4, -0.2) is 15.5 Å². The maximum atomic E-state index is 12.1. The van der Waals surface area contributed by atoms with Gasteiger partial charge in [0, 0.05) is 15.2 Å². The van der Waals surface area contributed by atoms with Crippen LogP contribution in [0.15, 0.2) is 45.8 Å². The first-order chi connectivity index (χ1) is 9.83. The van der Waals surface area contributed by atoms with Gasteiger partial charge in [0.05, 0.1) is 11.4 Å². The second-order valence-electron chi connectivity index (χ2n) is 4.21. The van der Waals surface area contributed by atoms with Gasteiger partial charge in [-0.15, -0.1) is 0 Å². The highest BCUT2D eigenvalue weighted by Gasteiger charge is 2.17. The number of halogens is 2. The Morgan fingerprint density at radius 2 is 1.81 bits per heavy atom. The van der Waals surface area contributed by atoms with Crippen LogP contribution in [0.3, 0.4) is 0 Å². The molecular formula is C13H13BrClN3O2S. The number of hydrogen-bond acceptors (Lipinski definition) is 4. The van der Waals surface area contributed by atoms with Gasteiger partial charge in [0.2, 0.25) is 10.0 Å². The van der Waals surface area contributed by atoms with Crippen molar-refractivity contribution >= 4 is 54.6 Å². The predicted molar refractivity (Wildman–Crippen MR) is 89.5 cm³/mol.